The number of hydrogen-bond acceptors (Lipinski definition) is 6. The molecular weight excluding hydrogens is 290 g/mol. The Bertz CT molecular complexity index is 651. The van der Waals surface area contributed by atoms with E-state index < -0.39 is 11.9 Å². The summed E-state index contributed by atoms with van der Waals surface area (Å²) in [6, 6.07) is 6.23. The molecule has 2 aromatic rings. The number of thiazole rings is 1. The summed E-state index contributed by atoms with van der Waals surface area (Å²) in [4.78, 5) is 27.7. The summed E-state index contributed by atoms with van der Waals surface area (Å²) in [6.45, 7) is 2.14. The summed E-state index contributed by atoms with van der Waals surface area (Å²) in [5, 5.41) is 2.88. The van der Waals surface area contributed by atoms with Crippen LogP contribution in [0.5, 0.6) is 0 Å². The number of methoxy groups -OCH3 is 1. The van der Waals surface area contributed by atoms with E-state index in [1.807, 2.05) is 12.3 Å². The molecule has 0 radical (unpaired) electrons. The molecule has 0 saturated heterocycles. The van der Waals surface area contributed by atoms with Gasteiger partial charge in [0.2, 0.25) is 0 Å². The highest BCUT2D eigenvalue weighted by atomic mass is 32.1. The Morgan fingerprint density at radius 3 is 2.57 bits per heavy atom. The van der Waals surface area contributed by atoms with Crippen molar-refractivity contribution in [2.24, 2.45) is 0 Å². The fraction of sp³-hybridized carbons (Fsp3) is 0.267. The minimum absolute atomic E-state index is 0.123. The molecule has 0 atom stereocenters. The maximum absolute atomic E-state index is 12.0. The van der Waals surface area contributed by atoms with Crippen molar-refractivity contribution >= 4 is 23.3 Å². The van der Waals surface area contributed by atoms with E-state index in [-0.39, 0.29) is 6.61 Å². The van der Waals surface area contributed by atoms with Crippen LogP contribution in [0.4, 0.5) is 0 Å². The van der Waals surface area contributed by atoms with Gasteiger partial charge in [-0.2, -0.15) is 0 Å². The van der Waals surface area contributed by atoms with E-state index in [1.54, 1.807) is 29.5 Å². The molecule has 0 spiro atoms. The molecule has 1 aromatic heterocycles. The van der Waals surface area contributed by atoms with Gasteiger partial charge in [0.15, 0.2) is 0 Å². The van der Waals surface area contributed by atoms with Gasteiger partial charge in [0.25, 0.3) is 0 Å². The molecule has 0 amide bonds. The van der Waals surface area contributed by atoms with Crippen LogP contribution in [0.1, 0.15) is 38.3 Å². The van der Waals surface area contributed by atoms with Crippen LogP contribution in [-0.2, 0) is 22.5 Å². The Morgan fingerprint density at radius 2 is 1.95 bits per heavy atom. The second-order valence-corrected chi connectivity index (χ2v) is 5.18. The summed E-state index contributed by atoms with van der Waals surface area (Å²) in [5.41, 5.74) is 1.35. The Morgan fingerprint density at radius 1 is 1.24 bits per heavy atom. The smallest absolute Gasteiger partial charge is 0.338 e. The first kappa shape index (κ1) is 15.2. The lowest BCUT2D eigenvalue weighted by Gasteiger charge is -2.04. The first-order valence-electron chi connectivity index (χ1n) is 6.42. The number of hydrogen-bond donors (Lipinski definition) is 0. The summed E-state index contributed by atoms with van der Waals surface area (Å²) in [5.74, 6) is -0.983. The molecule has 0 aliphatic carbocycles. The van der Waals surface area contributed by atoms with Crippen LogP contribution < -0.4 is 0 Å². The summed E-state index contributed by atoms with van der Waals surface area (Å²) >= 11 is 1.54. The van der Waals surface area contributed by atoms with Crippen molar-refractivity contribution < 1.29 is 19.1 Å². The van der Waals surface area contributed by atoms with Crippen molar-refractivity contribution in [3.05, 3.63) is 51.5 Å². The van der Waals surface area contributed by atoms with Gasteiger partial charge < -0.3 is 9.47 Å². The third kappa shape index (κ3) is 3.88. The lowest BCUT2D eigenvalue weighted by molar-refractivity contribution is 0.0468. The van der Waals surface area contributed by atoms with E-state index in [0.29, 0.717) is 11.1 Å². The predicted molar refractivity (Wildman–Crippen MR) is 78.4 cm³/mol. The summed E-state index contributed by atoms with van der Waals surface area (Å²) in [6.07, 6.45) is 0.861. The molecule has 1 aromatic carbocycles. The van der Waals surface area contributed by atoms with E-state index in [0.717, 1.165) is 17.1 Å². The molecule has 0 fully saturated rings. The molecule has 1 heterocycles. The first-order chi connectivity index (χ1) is 10.1. The number of carbonyl (C=O) groups excluding carboxylic acids is 2. The summed E-state index contributed by atoms with van der Waals surface area (Å²) < 4.78 is 9.81. The van der Waals surface area contributed by atoms with Crippen LogP contribution in [0.3, 0.4) is 0 Å². The molecule has 21 heavy (non-hydrogen) atoms. The van der Waals surface area contributed by atoms with Crippen LogP contribution in [0.2, 0.25) is 0 Å². The van der Waals surface area contributed by atoms with Crippen molar-refractivity contribution in [2.75, 3.05) is 7.11 Å². The molecule has 0 bridgehead atoms. The summed E-state index contributed by atoms with van der Waals surface area (Å²) in [7, 11) is 1.29. The second kappa shape index (κ2) is 6.99. The second-order valence-electron chi connectivity index (χ2n) is 4.23. The minimum atomic E-state index is -0.494. The van der Waals surface area contributed by atoms with Crippen molar-refractivity contribution in [3.63, 3.8) is 0 Å². The molecule has 0 unspecified atom stereocenters. The van der Waals surface area contributed by atoms with Crippen molar-refractivity contribution in [1.82, 2.24) is 4.98 Å². The van der Waals surface area contributed by atoms with Crippen LogP contribution >= 0.6 is 11.3 Å². The highest BCUT2D eigenvalue weighted by Crippen LogP contribution is 2.13. The van der Waals surface area contributed by atoms with Gasteiger partial charge in [-0.3, -0.25) is 0 Å². The highest BCUT2D eigenvalue weighted by Gasteiger charge is 2.12. The topological polar surface area (TPSA) is 65.5 Å². The molecular formula is C15H15NO4S. The van der Waals surface area contributed by atoms with Gasteiger partial charge in [0, 0.05) is 5.38 Å². The van der Waals surface area contributed by atoms with E-state index in [1.165, 1.54) is 13.2 Å². The van der Waals surface area contributed by atoms with Gasteiger partial charge >= 0.3 is 11.9 Å². The Balaban J connectivity index is 2.01. The quantitative estimate of drug-likeness (QED) is 0.795. The lowest BCUT2D eigenvalue weighted by Crippen LogP contribution is -2.08. The SMILES string of the molecule is CCc1nc(COC(=O)c2cccc(C(=O)OC)c2)cs1. The molecule has 0 saturated carbocycles. The Hall–Kier alpha value is -2.21. The number of benzene rings is 1. The third-order valence-electron chi connectivity index (χ3n) is 2.77. The number of esters is 2. The van der Waals surface area contributed by atoms with Gasteiger partial charge in [-0.15, -0.1) is 11.3 Å². The predicted octanol–water partition coefficient (Wildman–Crippen LogP) is 2.85. The molecule has 5 nitrogen and oxygen atoms in total. The van der Waals surface area contributed by atoms with Gasteiger partial charge in [0.05, 0.1) is 28.9 Å². The van der Waals surface area contributed by atoms with Crippen molar-refractivity contribution in [2.45, 2.75) is 20.0 Å². The zero-order valence-electron chi connectivity index (χ0n) is 11.8. The molecule has 110 valence electrons. The molecule has 2 rings (SSSR count). The molecule has 0 aliphatic heterocycles. The van der Waals surface area contributed by atoms with E-state index in [2.05, 4.69) is 9.72 Å². The highest BCUT2D eigenvalue weighted by molar-refractivity contribution is 7.09. The lowest BCUT2D eigenvalue weighted by atomic mass is 10.1. The number of aromatic nitrogens is 1. The Kier molecular flexibility index (Phi) is 5.05. The third-order valence-corrected chi connectivity index (χ3v) is 3.81. The van der Waals surface area contributed by atoms with Gasteiger partial charge in [0.1, 0.15) is 6.61 Å². The van der Waals surface area contributed by atoms with Crippen molar-refractivity contribution in [1.29, 1.82) is 0 Å². The fourth-order valence-electron chi connectivity index (χ4n) is 1.69. The van der Waals surface area contributed by atoms with Gasteiger partial charge in [-0.05, 0) is 24.6 Å². The Labute approximate surface area is 126 Å². The zero-order chi connectivity index (χ0) is 15.2. The zero-order valence-corrected chi connectivity index (χ0v) is 12.6. The number of rotatable bonds is 5. The fourth-order valence-corrected chi connectivity index (χ4v) is 2.42. The van der Waals surface area contributed by atoms with Crippen LogP contribution in [0.15, 0.2) is 29.6 Å². The van der Waals surface area contributed by atoms with Crippen LogP contribution in [0.25, 0.3) is 0 Å². The molecule has 0 aliphatic rings. The molecule has 0 N–H and O–H groups in total. The van der Waals surface area contributed by atoms with Crippen molar-refractivity contribution in [3.8, 4) is 0 Å². The average Bonchev–Trinajstić information content (AvgIpc) is 3.00. The molecule has 6 heteroatoms. The largest absolute Gasteiger partial charge is 0.465 e. The normalized spacial score (nSPS) is 10.2. The number of nitrogens with zero attached hydrogens (tertiary/aromatic N) is 1. The van der Waals surface area contributed by atoms with E-state index in [9.17, 15) is 9.59 Å². The number of aryl methyl sites for hydroxylation is 1. The van der Waals surface area contributed by atoms with Gasteiger partial charge in [-0.25, -0.2) is 14.6 Å². The maximum atomic E-state index is 12.0. The standard InChI is InChI=1S/C15H15NO4S/c1-3-13-16-12(9-21-13)8-20-15(18)11-6-4-5-10(7-11)14(17)19-2/h4-7,9H,3,8H2,1-2H3. The maximum Gasteiger partial charge on any atom is 0.338 e. The minimum Gasteiger partial charge on any atom is -0.465 e. The van der Waals surface area contributed by atoms with E-state index in [4.69, 9.17) is 4.74 Å². The van der Waals surface area contributed by atoms with Crippen LogP contribution in [0, 0.1) is 0 Å². The van der Waals surface area contributed by atoms with E-state index >= 15 is 0 Å². The first-order valence-corrected chi connectivity index (χ1v) is 7.30. The number of carbonyl (C=O) groups is 2. The van der Waals surface area contributed by atoms with Gasteiger partial charge in [-0.1, -0.05) is 13.0 Å². The monoisotopic (exact) mass is 305 g/mol. The van der Waals surface area contributed by atoms with Crippen LogP contribution in [-0.4, -0.2) is 24.0 Å². The number of ether oxygens (including phenoxy) is 2. The average molecular weight is 305 g/mol.